The number of amidine groups is 1. The third-order valence-corrected chi connectivity index (χ3v) is 1.68. The lowest BCUT2D eigenvalue weighted by Crippen LogP contribution is -2.34. The molecule has 0 amide bonds. The zero-order valence-electron chi connectivity index (χ0n) is 9.78. The zero-order chi connectivity index (χ0) is 12.7. The number of carbonyl (C=O) groups excluding carboxylic acids is 2. The highest BCUT2D eigenvalue weighted by Crippen LogP contribution is 2.08. The third kappa shape index (κ3) is 5.33. The molecule has 0 aliphatic carbocycles. The summed E-state index contributed by atoms with van der Waals surface area (Å²) >= 11 is 0. The molecule has 0 heterocycles. The van der Waals surface area contributed by atoms with Gasteiger partial charge in [-0.25, -0.2) is 0 Å². The monoisotopic (exact) mass is 230 g/mol. The van der Waals surface area contributed by atoms with Crippen molar-refractivity contribution in [1.29, 1.82) is 5.41 Å². The first-order valence-corrected chi connectivity index (χ1v) is 5.08. The van der Waals surface area contributed by atoms with Crippen LogP contribution < -0.4 is 5.73 Å². The van der Waals surface area contributed by atoms with Gasteiger partial charge in [-0.15, -0.1) is 0 Å². The van der Waals surface area contributed by atoms with Crippen molar-refractivity contribution in [1.82, 2.24) is 0 Å². The summed E-state index contributed by atoms with van der Waals surface area (Å²) in [6.45, 7) is 5.22. The average Bonchev–Trinajstić information content (AvgIpc) is 2.12. The van der Waals surface area contributed by atoms with E-state index in [1.807, 2.05) is 0 Å². The van der Waals surface area contributed by atoms with E-state index in [4.69, 9.17) is 20.6 Å². The van der Waals surface area contributed by atoms with Crippen molar-refractivity contribution in [3.63, 3.8) is 0 Å². The Balaban J connectivity index is 4.40. The molecular weight excluding hydrogens is 212 g/mol. The first-order chi connectivity index (χ1) is 7.38. The molecule has 0 fully saturated rings. The molecule has 6 heteroatoms. The number of nitrogens with one attached hydrogen (secondary N) is 1. The fourth-order valence-electron chi connectivity index (χ4n) is 1.04. The fraction of sp³-hybridized carbons (Fsp3) is 0.700. The molecule has 0 saturated carbocycles. The molecule has 0 aliphatic rings. The van der Waals surface area contributed by atoms with Crippen molar-refractivity contribution in [2.75, 3.05) is 6.61 Å². The molecule has 0 aromatic rings. The van der Waals surface area contributed by atoms with Crippen LogP contribution in [0.5, 0.6) is 0 Å². The quantitative estimate of drug-likeness (QED) is 0.391. The summed E-state index contributed by atoms with van der Waals surface area (Å²) in [5, 5.41) is 7.21. The molecule has 1 unspecified atom stereocenters. The van der Waals surface area contributed by atoms with E-state index in [0.717, 1.165) is 0 Å². The Bertz CT molecular complexity index is 276. The summed E-state index contributed by atoms with van der Waals surface area (Å²) in [5.41, 5.74) is 5.22. The molecule has 92 valence electrons. The van der Waals surface area contributed by atoms with Crippen molar-refractivity contribution in [2.45, 2.75) is 33.3 Å². The summed E-state index contributed by atoms with van der Waals surface area (Å²) < 4.78 is 9.56. The van der Waals surface area contributed by atoms with Crippen LogP contribution in [0.15, 0.2) is 0 Å². The highest BCUT2D eigenvalue weighted by atomic mass is 16.5. The maximum Gasteiger partial charge on any atom is 0.317 e. The lowest BCUT2D eigenvalue weighted by atomic mass is 10.1. The second kappa shape index (κ2) is 6.81. The van der Waals surface area contributed by atoms with Crippen LogP contribution in [0.2, 0.25) is 0 Å². The molecule has 6 nitrogen and oxygen atoms in total. The molecule has 16 heavy (non-hydrogen) atoms. The number of hydrogen-bond acceptors (Lipinski definition) is 5. The van der Waals surface area contributed by atoms with Crippen LogP contribution in [0.1, 0.15) is 27.2 Å². The van der Waals surface area contributed by atoms with E-state index in [9.17, 15) is 9.59 Å². The van der Waals surface area contributed by atoms with Crippen molar-refractivity contribution in [3.05, 3.63) is 0 Å². The molecule has 3 N–H and O–H groups in total. The molecule has 0 rings (SSSR count). The summed E-state index contributed by atoms with van der Waals surface area (Å²) in [5.74, 6) is -2.68. The van der Waals surface area contributed by atoms with Gasteiger partial charge in [0.15, 0.2) is 0 Å². The standard InChI is InChI=1S/C10H18N2O4/c1-4-15-10(14)7(9(11)12)5-8(13)16-6(2)3/h6-7H,4-5H2,1-3H3,(H3,11,12). The van der Waals surface area contributed by atoms with Crippen LogP contribution in [0.25, 0.3) is 0 Å². The Hall–Kier alpha value is -1.59. The number of hydrogen-bond donors (Lipinski definition) is 2. The predicted octanol–water partition coefficient (Wildman–Crippen LogP) is 0.443. The Morgan fingerprint density at radius 2 is 1.94 bits per heavy atom. The number of esters is 2. The summed E-state index contributed by atoms with van der Waals surface area (Å²) in [7, 11) is 0. The van der Waals surface area contributed by atoms with Crippen molar-refractivity contribution in [2.24, 2.45) is 11.7 Å². The maximum atomic E-state index is 11.4. The molecule has 0 aromatic carbocycles. The van der Waals surface area contributed by atoms with E-state index in [1.165, 1.54) is 0 Å². The minimum Gasteiger partial charge on any atom is -0.465 e. The van der Waals surface area contributed by atoms with Crippen LogP contribution in [0.3, 0.4) is 0 Å². The van der Waals surface area contributed by atoms with E-state index in [0.29, 0.717) is 0 Å². The van der Waals surface area contributed by atoms with Crippen molar-refractivity contribution >= 4 is 17.8 Å². The molecule has 0 saturated heterocycles. The van der Waals surface area contributed by atoms with Gasteiger partial charge in [0.1, 0.15) is 11.8 Å². The van der Waals surface area contributed by atoms with Gasteiger partial charge in [-0.3, -0.25) is 15.0 Å². The largest absolute Gasteiger partial charge is 0.465 e. The minimum absolute atomic E-state index is 0.182. The fourth-order valence-corrected chi connectivity index (χ4v) is 1.04. The van der Waals surface area contributed by atoms with Crippen LogP contribution in [-0.4, -0.2) is 30.5 Å². The normalized spacial score (nSPS) is 12.0. The molecular formula is C10H18N2O4. The number of rotatable bonds is 6. The summed E-state index contributed by atoms with van der Waals surface area (Å²) in [4.78, 5) is 22.6. The van der Waals surface area contributed by atoms with Gasteiger partial charge in [-0.05, 0) is 20.8 Å². The summed E-state index contributed by atoms with van der Waals surface area (Å²) in [6.07, 6.45) is -0.519. The maximum absolute atomic E-state index is 11.4. The molecule has 0 aromatic heterocycles. The van der Waals surface area contributed by atoms with E-state index in [-0.39, 0.29) is 25.0 Å². The van der Waals surface area contributed by atoms with E-state index in [1.54, 1.807) is 20.8 Å². The Morgan fingerprint density at radius 1 is 1.38 bits per heavy atom. The SMILES string of the molecule is CCOC(=O)C(CC(=O)OC(C)C)C(=N)N. The second-order valence-corrected chi connectivity index (χ2v) is 3.50. The van der Waals surface area contributed by atoms with Crippen molar-refractivity contribution in [3.8, 4) is 0 Å². The van der Waals surface area contributed by atoms with E-state index in [2.05, 4.69) is 0 Å². The number of carbonyl (C=O) groups is 2. The smallest absolute Gasteiger partial charge is 0.317 e. The van der Waals surface area contributed by atoms with Crippen molar-refractivity contribution < 1.29 is 19.1 Å². The lowest BCUT2D eigenvalue weighted by molar-refractivity contribution is -0.154. The van der Waals surface area contributed by atoms with Gasteiger partial charge in [0.05, 0.1) is 19.1 Å². The molecule has 0 bridgehead atoms. The highest BCUT2D eigenvalue weighted by Gasteiger charge is 2.27. The van der Waals surface area contributed by atoms with Gasteiger partial charge in [-0.2, -0.15) is 0 Å². The zero-order valence-corrected chi connectivity index (χ0v) is 9.78. The third-order valence-electron chi connectivity index (χ3n) is 1.68. The Kier molecular flexibility index (Phi) is 6.14. The van der Waals surface area contributed by atoms with Gasteiger partial charge in [0, 0.05) is 0 Å². The van der Waals surface area contributed by atoms with Gasteiger partial charge in [-0.1, -0.05) is 0 Å². The van der Waals surface area contributed by atoms with E-state index >= 15 is 0 Å². The second-order valence-electron chi connectivity index (χ2n) is 3.50. The van der Waals surface area contributed by atoms with Gasteiger partial charge < -0.3 is 15.2 Å². The molecule has 0 radical (unpaired) electrons. The van der Waals surface area contributed by atoms with Gasteiger partial charge in [0.25, 0.3) is 0 Å². The summed E-state index contributed by atoms with van der Waals surface area (Å²) in [6, 6.07) is 0. The van der Waals surface area contributed by atoms with Crippen LogP contribution in [0, 0.1) is 11.3 Å². The highest BCUT2D eigenvalue weighted by molar-refractivity contribution is 6.01. The minimum atomic E-state index is -1.05. The first-order valence-electron chi connectivity index (χ1n) is 5.08. The van der Waals surface area contributed by atoms with Gasteiger partial charge in [0.2, 0.25) is 0 Å². The van der Waals surface area contributed by atoms with E-state index < -0.39 is 17.9 Å². The first kappa shape index (κ1) is 14.4. The molecule has 0 aliphatic heterocycles. The van der Waals surface area contributed by atoms with Crippen LogP contribution in [-0.2, 0) is 19.1 Å². The predicted molar refractivity (Wildman–Crippen MR) is 57.9 cm³/mol. The molecule has 0 spiro atoms. The topological polar surface area (TPSA) is 102 Å². The number of ether oxygens (including phenoxy) is 2. The average molecular weight is 230 g/mol. The lowest BCUT2D eigenvalue weighted by Gasteiger charge is -2.14. The van der Waals surface area contributed by atoms with Crippen LogP contribution >= 0.6 is 0 Å². The van der Waals surface area contributed by atoms with Crippen LogP contribution in [0.4, 0.5) is 0 Å². The van der Waals surface area contributed by atoms with Gasteiger partial charge >= 0.3 is 11.9 Å². The Morgan fingerprint density at radius 3 is 2.31 bits per heavy atom. The Labute approximate surface area is 94.6 Å². The molecule has 1 atom stereocenters. The number of nitrogens with two attached hydrogens (primary N) is 1.